The molecule has 1 N–H and O–H groups in total. The summed E-state index contributed by atoms with van der Waals surface area (Å²) in [4.78, 5) is 23.8. The standard InChI is InChI=1S/C16H18O6/c1-2-20-14(17)16(19)12-9-11(21-13(12)22-15(16)18)8-10-6-4-3-5-7-10/h3-7,11-13,19H,2,8-9H2,1H3/t11-,12?,13?,16+/m0/s1. The van der Waals surface area contributed by atoms with E-state index in [-0.39, 0.29) is 12.7 Å². The number of aliphatic hydroxyl groups is 1. The molecule has 0 spiro atoms. The van der Waals surface area contributed by atoms with E-state index in [0.717, 1.165) is 5.56 Å². The largest absolute Gasteiger partial charge is 0.463 e. The zero-order valence-corrected chi connectivity index (χ0v) is 12.2. The van der Waals surface area contributed by atoms with Crippen LogP contribution >= 0.6 is 0 Å². The molecule has 6 heteroatoms. The first kappa shape index (κ1) is 15.0. The minimum Gasteiger partial charge on any atom is -0.463 e. The number of hydrogen-bond acceptors (Lipinski definition) is 6. The van der Waals surface area contributed by atoms with E-state index in [4.69, 9.17) is 14.2 Å². The quantitative estimate of drug-likeness (QED) is 0.655. The lowest BCUT2D eigenvalue weighted by molar-refractivity contribution is -0.180. The maximum absolute atomic E-state index is 12.0. The number of ether oxygens (including phenoxy) is 3. The van der Waals surface area contributed by atoms with Crippen LogP contribution in [0.2, 0.25) is 0 Å². The van der Waals surface area contributed by atoms with Crippen molar-refractivity contribution in [3.8, 4) is 0 Å². The van der Waals surface area contributed by atoms with Crippen molar-refractivity contribution in [1.82, 2.24) is 0 Å². The summed E-state index contributed by atoms with van der Waals surface area (Å²) in [6.07, 6.45) is -0.118. The molecule has 0 aliphatic carbocycles. The molecule has 2 aliphatic heterocycles. The Labute approximate surface area is 128 Å². The summed E-state index contributed by atoms with van der Waals surface area (Å²) in [6.45, 7) is 1.70. The van der Waals surface area contributed by atoms with Crippen molar-refractivity contribution in [2.24, 2.45) is 5.92 Å². The van der Waals surface area contributed by atoms with Gasteiger partial charge in [-0.25, -0.2) is 9.59 Å². The molecular formula is C16H18O6. The Morgan fingerprint density at radius 2 is 2.14 bits per heavy atom. The minimum absolute atomic E-state index is 0.0834. The van der Waals surface area contributed by atoms with E-state index in [2.05, 4.69) is 0 Å². The number of esters is 2. The second-order valence-corrected chi connectivity index (χ2v) is 5.55. The van der Waals surface area contributed by atoms with Crippen molar-refractivity contribution in [3.05, 3.63) is 35.9 Å². The highest BCUT2D eigenvalue weighted by molar-refractivity contribution is 6.05. The molecule has 22 heavy (non-hydrogen) atoms. The number of carbonyl (C=O) groups excluding carboxylic acids is 2. The molecule has 2 aliphatic rings. The molecule has 1 aromatic carbocycles. The second kappa shape index (κ2) is 5.70. The third kappa shape index (κ3) is 2.38. The summed E-state index contributed by atoms with van der Waals surface area (Å²) in [6, 6.07) is 9.73. The van der Waals surface area contributed by atoms with Crippen molar-refractivity contribution in [3.63, 3.8) is 0 Å². The van der Waals surface area contributed by atoms with Crippen LogP contribution in [0.15, 0.2) is 30.3 Å². The molecule has 0 aromatic heterocycles. The van der Waals surface area contributed by atoms with Gasteiger partial charge in [-0.05, 0) is 25.3 Å². The van der Waals surface area contributed by atoms with Gasteiger partial charge in [0, 0.05) is 0 Å². The molecule has 2 saturated heterocycles. The molecule has 0 amide bonds. The fraction of sp³-hybridized carbons (Fsp3) is 0.500. The molecule has 2 unspecified atom stereocenters. The number of hydrogen-bond donors (Lipinski definition) is 1. The van der Waals surface area contributed by atoms with Gasteiger partial charge in [-0.2, -0.15) is 0 Å². The van der Waals surface area contributed by atoms with Gasteiger partial charge in [0.1, 0.15) is 0 Å². The summed E-state index contributed by atoms with van der Waals surface area (Å²) >= 11 is 0. The fourth-order valence-electron chi connectivity index (χ4n) is 3.04. The average molecular weight is 306 g/mol. The van der Waals surface area contributed by atoms with Crippen LogP contribution < -0.4 is 0 Å². The molecule has 6 nitrogen and oxygen atoms in total. The molecule has 2 fully saturated rings. The smallest absolute Gasteiger partial charge is 0.352 e. The van der Waals surface area contributed by atoms with Gasteiger partial charge in [0.25, 0.3) is 5.60 Å². The van der Waals surface area contributed by atoms with Gasteiger partial charge in [0.2, 0.25) is 6.29 Å². The molecule has 4 atom stereocenters. The van der Waals surface area contributed by atoms with Crippen LogP contribution in [-0.2, 0) is 30.2 Å². The zero-order valence-electron chi connectivity index (χ0n) is 12.2. The highest BCUT2D eigenvalue weighted by Crippen LogP contribution is 2.43. The third-order valence-corrected chi connectivity index (χ3v) is 4.14. The first-order valence-corrected chi connectivity index (χ1v) is 7.35. The molecule has 118 valence electrons. The van der Waals surface area contributed by atoms with Crippen molar-refractivity contribution in [1.29, 1.82) is 0 Å². The lowest BCUT2D eigenvalue weighted by Crippen LogP contribution is -2.50. The van der Waals surface area contributed by atoms with Crippen LogP contribution in [0.1, 0.15) is 18.9 Å². The van der Waals surface area contributed by atoms with Gasteiger partial charge in [0.15, 0.2) is 0 Å². The van der Waals surface area contributed by atoms with E-state index >= 15 is 0 Å². The Balaban J connectivity index is 1.73. The average Bonchev–Trinajstić information content (AvgIpc) is 2.99. The first-order valence-electron chi connectivity index (χ1n) is 7.35. The lowest BCUT2D eigenvalue weighted by atomic mass is 9.85. The Bertz CT molecular complexity index is 571. The van der Waals surface area contributed by atoms with Crippen molar-refractivity contribution in [2.75, 3.05) is 6.61 Å². The SMILES string of the molecule is CCOC(=O)[C@@]1(O)C(=O)OC2O[C@@H](Cc3ccccc3)CC21. The highest BCUT2D eigenvalue weighted by Gasteiger charge is 2.66. The molecule has 0 saturated carbocycles. The summed E-state index contributed by atoms with van der Waals surface area (Å²) in [5, 5.41) is 10.5. The third-order valence-electron chi connectivity index (χ3n) is 4.14. The summed E-state index contributed by atoms with van der Waals surface area (Å²) in [5.41, 5.74) is -1.18. The lowest BCUT2D eigenvalue weighted by Gasteiger charge is -2.21. The molecule has 2 heterocycles. The van der Waals surface area contributed by atoms with Gasteiger partial charge in [-0.3, -0.25) is 0 Å². The van der Waals surface area contributed by atoms with E-state index in [1.807, 2.05) is 30.3 Å². The van der Waals surface area contributed by atoms with Crippen LogP contribution in [0.25, 0.3) is 0 Å². The minimum atomic E-state index is -2.26. The Kier molecular flexibility index (Phi) is 3.88. The molecule has 3 rings (SSSR count). The molecular weight excluding hydrogens is 288 g/mol. The summed E-state index contributed by atoms with van der Waals surface area (Å²) in [7, 11) is 0. The van der Waals surface area contributed by atoms with Crippen LogP contribution in [-0.4, -0.2) is 41.6 Å². The maximum Gasteiger partial charge on any atom is 0.352 e. The van der Waals surface area contributed by atoms with E-state index in [1.54, 1.807) is 6.92 Å². The van der Waals surface area contributed by atoms with E-state index in [0.29, 0.717) is 12.8 Å². The predicted octanol–water partition coefficient (Wildman–Crippen LogP) is 0.811. The van der Waals surface area contributed by atoms with Crippen molar-refractivity contribution in [2.45, 2.75) is 37.8 Å². The van der Waals surface area contributed by atoms with Crippen LogP contribution in [0, 0.1) is 5.92 Å². The van der Waals surface area contributed by atoms with Gasteiger partial charge in [0.05, 0.1) is 18.6 Å². The summed E-state index contributed by atoms with van der Waals surface area (Å²) < 4.78 is 15.5. The Morgan fingerprint density at radius 1 is 1.41 bits per heavy atom. The number of rotatable bonds is 4. The molecule has 0 bridgehead atoms. The number of carbonyl (C=O) groups is 2. The van der Waals surface area contributed by atoms with Gasteiger partial charge < -0.3 is 19.3 Å². The van der Waals surface area contributed by atoms with Gasteiger partial charge in [-0.1, -0.05) is 30.3 Å². The van der Waals surface area contributed by atoms with Crippen LogP contribution in [0.5, 0.6) is 0 Å². The highest BCUT2D eigenvalue weighted by atomic mass is 16.7. The van der Waals surface area contributed by atoms with Gasteiger partial charge >= 0.3 is 11.9 Å². The first-order chi connectivity index (χ1) is 10.6. The van der Waals surface area contributed by atoms with Crippen LogP contribution in [0.4, 0.5) is 0 Å². The monoisotopic (exact) mass is 306 g/mol. The van der Waals surface area contributed by atoms with E-state index < -0.39 is 29.7 Å². The predicted molar refractivity (Wildman–Crippen MR) is 74.6 cm³/mol. The topological polar surface area (TPSA) is 82.1 Å². The maximum atomic E-state index is 12.0. The van der Waals surface area contributed by atoms with Crippen molar-refractivity contribution >= 4 is 11.9 Å². The zero-order chi connectivity index (χ0) is 15.7. The Morgan fingerprint density at radius 3 is 2.82 bits per heavy atom. The number of fused-ring (bicyclic) bond motifs is 1. The van der Waals surface area contributed by atoms with Crippen molar-refractivity contribution < 1.29 is 28.9 Å². The number of benzene rings is 1. The molecule has 0 radical (unpaired) electrons. The normalized spacial score (nSPS) is 33.4. The van der Waals surface area contributed by atoms with Crippen LogP contribution in [0.3, 0.4) is 0 Å². The molecule has 1 aromatic rings. The summed E-state index contributed by atoms with van der Waals surface area (Å²) in [5.74, 6) is -2.68. The fourth-order valence-corrected chi connectivity index (χ4v) is 3.04. The second-order valence-electron chi connectivity index (χ2n) is 5.55. The van der Waals surface area contributed by atoms with Gasteiger partial charge in [-0.15, -0.1) is 0 Å². The van der Waals surface area contributed by atoms with E-state index in [1.165, 1.54) is 0 Å². The Hall–Kier alpha value is -1.92. The van der Waals surface area contributed by atoms with E-state index in [9.17, 15) is 14.7 Å².